The smallest absolute Gasteiger partial charge is 0.224 e. The van der Waals surface area contributed by atoms with Crippen molar-refractivity contribution in [2.45, 2.75) is 26.3 Å². The molecular weight excluding hydrogens is 178 g/mol. The highest BCUT2D eigenvalue weighted by Crippen LogP contribution is 2.00. The Labute approximate surface area is 86.8 Å². The summed E-state index contributed by atoms with van der Waals surface area (Å²) in [5.41, 5.74) is 5.49. The molecule has 1 amide bonds. The number of hydrogen-bond acceptors (Lipinski definition) is 3. The van der Waals surface area contributed by atoms with Crippen LogP contribution < -0.4 is 11.1 Å². The van der Waals surface area contributed by atoms with Gasteiger partial charge in [0.1, 0.15) is 0 Å². The van der Waals surface area contributed by atoms with Crippen molar-refractivity contribution in [3.63, 3.8) is 0 Å². The zero-order valence-corrected chi connectivity index (χ0v) is 9.71. The lowest BCUT2D eigenvalue weighted by Gasteiger charge is -2.20. The van der Waals surface area contributed by atoms with E-state index in [-0.39, 0.29) is 17.9 Å². The number of hydrogen-bond donors (Lipinski definition) is 2. The van der Waals surface area contributed by atoms with Crippen LogP contribution in [0, 0.1) is 5.92 Å². The molecule has 0 spiro atoms. The van der Waals surface area contributed by atoms with E-state index in [4.69, 9.17) is 5.73 Å². The SMILES string of the molecule is CCC(CN)C(=O)NC(C)CN(C)C. The lowest BCUT2D eigenvalue weighted by Crippen LogP contribution is -2.43. The third kappa shape index (κ3) is 5.19. The van der Waals surface area contributed by atoms with E-state index in [2.05, 4.69) is 5.32 Å². The Morgan fingerprint density at radius 3 is 2.43 bits per heavy atom. The van der Waals surface area contributed by atoms with Crippen LogP contribution in [0.4, 0.5) is 0 Å². The van der Waals surface area contributed by atoms with E-state index >= 15 is 0 Å². The van der Waals surface area contributed by atoms with Gasteiger partial charge in [0.25, 0.3) is 0 Å². The highest BCUT2D eigenvalue weighted by Gasteiger charge is 2.16. The summed E-state index contributed by atoms with van der Waals surface area (Å²) in [6, 6.07) is 0.179. The highest BCUT2D eigenvalue weighted by molar-refractivity contribution is 5.79. The molecule has 3 N–H and O–H groups in total. The zero-order valence-electron chi connectivity index (χ0n) is 9.71. The molecule has 2 atom stereocenters. The second-order valence-corrected chi connectivity index (χ2v) is 4.01. The summed E-state index contributed by atoms with van der Waals surface area (Å²) in [6.45, 7) is 5.26. The van der Waals surface area contributed by atoms with Gasteiger partial charge >= 0.3 is 0 Å². The first kappa shape index (κ1) is 13.4. The van der Waals surface area contributed by atoms with Crippen molar-refractivity contribution in [1.29, 1.82) is 0 Å². The average Bonchev–Trinajstić information content (AvgIpc) is 2.04. The van der Waals surface area contributed by atoms with Crippen LogP contribution in [0.3, 0.4) is 0 Å². The van der Waals surface area contributed by atoms with Gasteiger partial charge in [0.15, 0.2) is 0 Å². The maximum absolute atomic E-state index is 11.6. The Morgan fingerprint density at radius 2 is 2.07 bits per heavy atom. The summed E-state index contributed by atoms with van der Waals surface area (Å²) in [6.07, 6.45) is 0.803. The quantitative estimate of drug-likeness (QED) is 0.638. The second-order valence-electron chi connectivity index (χ2n) is 4.01. The van der Waals surface area contributed by atoms with Crippen molar-refractivity contribution < 1.29 is 4.79 Å². The molecule has 0 radical (unpaired) electrons. The predicted molar refractivity (Wildman–Crippen MR) is 59.0 cm³/mol. The van der Waals surface area contributed by atoms with Crippen molar-refractivity contribution in [1.82, 2.24) is 10.2 Å². The first-order chi connectivity index (χ1) is 6.51. The zero-order chi connectivity index (χ0) is 11.1. The van der Waals surface area contributed by atoms with Crippen LogP contribution >= 0.6 is 0 Å². The maximum atomic E-state index is 11.6. The van der Waals surface area contributed by atoms with Crippen LogP contribution in [0.15, 0.2) is 0 Å². The van der Waals surface area contributed by atoms with Gasteiger partial charge in [-0.05, 0) is 27.4 Å². The molecule has 0 aliphatic rings. The molecule has 84 valence electrons. The van der Waals surface area contributed by atoms with Gasteiger partial charge in [0, 0.05) is 25.0 Å². The molecule has 4 nitrogen and oxygen atoms in total. The van der Waals surface area contributed by atoms with Crippen molar-refractivity contribution in [2.75, 3.05) is 27.2 Å². The fourth-order valence-electron chi connectivity index (χ4n) is 1.41. The van der Waals surface area contributed by atoms with Crippen molar-refractivity contribution in [3.8, 4) is 0 Å². The summed E-state index contributed by atoms with van der Waals surface area (Å²) in [5.74, 6) is 0.0314. The number of nitrogens with two attached hydrogens (primary N) is 1. The number of rotatable bonds is 6. The minimum absolute atomic E-state index is 0.0420. The van der Waals surface area contributed by atoms with E-state index in [1.54, 1.807) is 0 Å². The van der Waals surface area contributed by atoms with E-state index < -0.39 is 0 Å². The van der Waals surface area contributed by atoms with Gasteiger partial charge in [0.05, 0.1) is 0 Å². The summed E-state index contributed by atoms with van der Waals surface area (Å²) in [5, 5.41) is 2.95. The fraction of sp³-hybridized carbons (Fsp3) is 0.900. The Hall–Kier alpha value is -0.610. The normalized spacial score (nSPS) is 15.3. The van der Waals surface area contributed by atoms with Crippen molar-refractivity contribution >= 4 is 5.91 Å². The summed E-state index contributed by atoms with van der Waals surface area (Å²) < 4.78 is 0. The molecule has 0 aromatic carbocycles. The van der Waals surface area contributed by atoms with Gasteiger partial charge in [-0.2, -0.15) is 0 Å². The molecule has 0 rings (SSSR count). The molecule has 0 bridgehead atoms. The third-order valence-electron chi connectivity index (χ3n) is 2.18. The van der Waals surface area contributed by atoms with Crippen molar-refractivity contribution in [2.24, 2.45) is 11.7 Å². The first-order valence-corrected chi connectivity index (χ1v) is 5.16. The number of likely N-dealkylation sites (N-methyl/N-ethyl adjacent to an activating group) is 1. The summed E-state index contributed by atoms with van der Waals surface area (Å²) in [4.78, 5) is 13.6. The number of amides is 1. The molecular formula is C10H23N3O. The van der Waals surface area contributed by atoms with Crippen LogP contribution in [0.25, 0.3) is 0 Å². The van der Waals surface area contributed by atoms with Crippen molar-refractivity contribution in [3.05, 3.63) is 0 Å². The molecule has 0 saturated carbocycles. The largest absolute Gasteiger partial charge is 0.352 e. The lowest BCUT2D eigenvalue weighted by molar-refractivity contribution is -0.125. The molecule has 2 unspecified atom stereocenters. The third-order valence-corrected chi connectivity index (χ3v) is 2.18. The predicted octanol–water partition coefficient (Wildman–Crippen LogP) is 0.0376. The van der Waals surface area contributed by atoms with E-state index in [0.29, 0.717) is 6.54 Å². The van der Waals surface area contributed by atoms with Gasteiger partial charge in [-0.1, -0.05) is 6.92 Å². The van der Waals surface area contributed by atoms with Crippen LogP contribution in [0.5, 0.6) is 0 Å². The molecule has 0 fully saturated rings. The van der Waals surface area contributed by atoms with E-state index in [9.17, 15) is 4.79 Å². The fourth-order valence-corrected chi connectivity index (χ4v) is 1.41. The number of carbonyl (C=O) groups is 1. The monoisotopic (exact) mass is 201 g/mol. The Morgan fingerprint density at radius 1 is 1.50 bits per heavy atom. The molecule has 0 aliphatic carbocycles. The van der Waals surface area contributed by atoms with Crippen LogP contribution in [-0.4, -0.2) is 44.0 Å². The topological polar surface area (TPSA) is 58.4 Å². The highest BCUT2D eigenvalue weighted by atomic mass is 16.1. The lowest BCUT2D eigenvalue weighted by atomic mass is 10.1. The van der Waals surface area contributed by atoms with E-state index in [0.717, 1.165) is 13.0 Å². The molecule has 0 aromatic rings. The van der Waals surface area contributed by atoms with Crippen LogP contribution in [-0.2, 0) is 4.79 Å². The standard InChI is InChI=1S/C10H23N3O/c1-5-9(6-11)10(14)12-8(2)7-13(3)4/h8-9H,5-7,11H2,1-4H3,(H,12,14). The Bertz CT molecular complexity index is 167. The first-order valence-electron chi connectivity index (χ1n) is 5.16. The van der Waals surface area contributed by atoms with Gasteiger partial charge in [-0.3, -0.25) is 4.79 Å². The molecule has 0 aromatic heterocycles. The van der Waals surface area contributed by atoms with Gasteiger partial charge in [-0.25, -0.2) is 0 Å². The molecule has 0 heterocycles. The molecule has 4 heteroatoms. The van der Waals surface area contributed by atoms with Gasteiger partial charge in [-0.15, -0.1) is 0 Å². The maximum Gasteiger partial charge on any atom is 0.224 e. The Kier molecular flexibility index (Phi) is 6.49. The number of carbonyl (C=O) groups excluding carboxylic acids is 1. The summed E-state index contributed by atoms with van der Waals surface area (Å²) in [7, 11) is 3.98. The summed E-state index contributed by atoms with van der Waals surface area (Å²) >= 11 is 0. The van der Waals surface area contributed by atoms with E-state index in [1.165, 1.54) is 0 Å². The second kappa shape index (κ2) is 6.79. The van der Waals surface area contributed by atoms with Crippen LogP contribution in [0.2, 0.25) is 0 Å². The number of nitrogens with one attached hydrogen (secondary N) is 1. The Balaban J connectivity index is 3.91. The molecule has 14 heavy (non-hydrogen) atoms. The molecule has 0 saturated heterocycles. The minimum Gasteiger partial charge on any atom is -0.352 e. The van der Waals surface area contributed by atoms with E-state index in [1.807, 2.05) is 32.8 Å². The molecule has 0 aliphatic heterocycles. The minimum atomic E-state index is -0.0420. The average molecular weight is 201 g/mol. The number of nitrogens with zero attached hydrogens (tertiary/aromatic N) is 1. The van der Waals surface area contributed by atoms with Gasteiger partial charge < -0.3 is 16.0 Å². The van der Waals surface area contributed by atoms with Crippen LogP contribution in [0.1, 0.15) is 20.3 Å². The van der Waals surface area contributed by atoms with Gasteiger partial charge in [0.2, 0.25) is 5.91 Å².